The van der Waals surface area contributed by atoms with Gasteiger partial charge in [0.05, 0.1) is 17.2 Å². The summed E-state index contributed by atoms with van der Waals surface area (Å²) in [5.74, 6) is 1.21. The number of alkyl halides is 3. The molecule has 0 amide bonds. The Balaban J connectivity index is 1.49. The van der Waals surface area contributed by atoms with Crippen LogP contribution in [0.2, 0.25) is 0 Å². The van der Waals surface area contributed by atoms with Gasteiger partial charge in [-0.25, -0.2) is 9.97 Å². The number of nitrogens with one attached hydrogen (secondary N) is 2. The highest BCUT2D eigenvalue weighted by molar-refractivity contribution is 7.99. The molecule has 5 nitrogen and oxygen atoms in total. The van der Waals surface area contributed by atoms with Crippen LogP contribution in [-0.2, 0) is 6.18 Å². The fourth-order valence-electron chi connectivity index (χ4n) is 3.70. The molecule has 1 aliphatic heterocycles. The number of benzene rings is 1. The van der Waals surface area contributed by atoms with E-state index >= 15 is 4.39 Å². The standard InChI is InChI=1S/C21H24F4N4OS/c22-16-18(26-11-20(30)7-9-31-10-8-20)27-12-28-19(16)29-17(13-1-2-13)14-3-5-15(6-4-14)21(23,24)25/h3-6,12-13,17,30H,1-2,7-11H2,(H2,26,27,28,29). The minimum absolute atomic E-state index is 0.00822. The number of aromatic nitrogens is 2. The van der Waals surface area contributed by atoms with Crippen LogP contribution in [0, 0.1) is 11.7 Å². The maximum absolute atomic E-state index is 15.0. The van der Waals surface area contributed by atoms with Crippen LogP contribution in [0.3, 0.4) is 0 Å². The third-order valence-corrected chi connectivity index (χ3v) is 6.77. The first-order valence-corrected chi connectivity index (χ1v) is 11.4. The molecule has 4 rings (SSSR count). The van der Waals surface area contributed by atoms with Crippen LogP contribution < -0.4 is 10.6 Å². The molecule has 2 aliphatic rings. The van der Waals surface area contributed by atoms with Crippen molar-refractivity contribution in [1.82, 2.24) is 9.97 Å². The van der Waals surface area contributed by atoms with Crippen molar-refractivity contribution in [2.75, 3.05) is 28.7 Å². The molecule has 1 atom stereocenters. The van der Waals surface area contributed by atoms with Crippen molar-refractivity contribution in [3.05, 3.63) is 47.5 Å². The number of aliphatic hydroxyl groups is 1. The van der Waals surface area contributed by atoms with E-state index in [0.717, 1.165) is 36.5 Å². The summed E-state index contributed by atoms with van der Waals surface area (Å²) >= 11 is 1.78. The van der Waals surface area contributed by atoms with Crippen LogP contribution >= 0.6 is 11.8 Å². The number of hydrogen-bond donors (Lipinski definition) is 3. The van der Waals surface area contributed by atoms with Crippen molar-refractivity contribution >= 4 is 23.4 Å². The molecule has 2 fully saturated rings. The molecule has 1 aliphatic carbocycles. The van der Waals surface area contributed by atoms with Gasteiger partial charge in [0.15, 0.2) is 11.6 Å². The summed E-state index contributed by atoms with van der Waals surface area (Å²) in [6, 6.07) is 4.58. The lowest BCUT2D eigenvalue weighted by Gasteiger charge is -2.32. The van der Waals surface area contributed by atoms with Gasteiger partial charge >= 0.3 is 6.18 Å². The number of thioether (sulfide) groups is 1. The van der Waals surface area contributed by atoms with Crippen molar-refractivity contribution in [2.45, 2.75) is 43.5 Å². The maximum Gasteiger partial charge on any atom is 0.416 e. The first-order valence-electron chi connectivity index (χ1n) is 10.2. The van der Waals surface area contributed by atoms with E-state index in [1.807, 2.05) is 0 Å². The number of anilines is 2. The molecule has 31 heavy (non-hydrogen) atoms. The summed E-state index contributed by atoms with van der Waals surface area (Å²) in [5.41, 5.74) is -0.964. The lowest BCUT2D eigenvalue weighted by atomic mass is 9.97. The van der Waals surface area contributed by atoms with Crippen LogP contribution in [-0.4, -0.2) is 38.7 Å². The van der Waals surface area contributed by atoms with E-state index in [1.54, 1.807) is 11.8 Å². The van der Waals surface area contributed by atoms with Gasteiger partial charge in [-0.05, 0) is 60.8 Å². The molecule has 1 saturated heterocycles. The lowest BCUT2D eigenvalue weighted by Crippen LogP contribution is -2.40. The first-order chi connectivity index (χ1) is 14.8. The van der Waals surface area contributed by atoms with Gasteiger partial charge in [-0.3, -0.25) is 0 Å². The maximum atomic E-state index is 15.0. The summed E-state index contributed by atoms with van der Waals surface area (Å²) in [6.45, 7) is 0.186. The molecule has 0 radical (unpaired) electrons. The van der Waals surface area contributed by atoms with E-state index in [9.17, 15) is 18.3 Å². The zero-order valence-corrected chi connectivity index (χ0v) is 17.6. The minimum Gasteiger partial charge on any atom is -0.388 e. The number of halogens is 4. The zero-order valence-electron chi connectivity index (χ0n) is 16.8. The Hall–Kier alpha value is -2.07. The average Bonchev–Trinajstić information content (AvgIpc) is 3.57. The van der Waals surface area contributed by atoms with Gasteiger partial charge in [-0.2, -0.15) is 29.3 Å². The van der Waals surface area contributed by atoms with Crippen LogP contribution in [0.15, 0.2) is 30.6 Å². The second-order valence-electron chi connectivity index (χ2n) is 8.15. The predicted molar refractivity (Wildman–Crippen MR) is 113 cm³/mol. The monoisotopic (exact) mass is 456 g/mol. The molecular formula is C21H24F4N4OS. The van der Waals surface area contributed by atoms with Gasteiger partial charge in [0.2, 0.25) is 5.82 Å². The topological polar surface area (TPSA) is 70.1 Å². The Bertz CT molecular complexity index is 899. The van der Waals surface area contributed by atoms with E-state index in [0.29, 0.717) is 18.4 Å². The van der Waals surface area contributed by atoms with Crippen LogP contribution in [0.5, 0.6) is 0 Å². The fraction of sp³-hybridized carbons (Fsp3) is 0.524. The molecule has 2 heterocycles. The highest BCUT2D eigenvalue weighted by Gasteiger charge is 2.35. The zero-order chi connectivity index (χ0) is 22.1. The van der Waals surface area contributed by atoms with Crippen molar-refractivity contribution in [3.63, 3.8) is 0 Å². The minimum atomic E-state index is -4.40. The SMILES string of the molecule is OC1(CNc2ncnc(NC(c3ccc(C(F)(F)F)cc3)C3CC3)c2F)CCSCC1. The highest BCUT2D eigenvalue weighted by atomic mass is 32.2. The van der Waals surface area contributed by atoms with Crippen molar-refractivity contribution in [2.24, 2.45) is 5.92 Å². The summed E-state index contributed by atoms with van der Waals surface area (Å²) < 4.78 is 53.6. The molecule has 1 saturated carbocycles. The van der Waals surface area contributed by atoms with E-state index in [2.05, 4.69) is 20.6 Å². The molecule has 168 valence electrons. The summed E-state index contributed by atoms with van der Waals surface area (Å²) in [7, 11) is 0. The third kappa shape index (κ3) is 5.41. The van der Waals surface area contributed by atoms with Crippen LogP contribution in [0.25, 0.3) is 0 Å². The molecule has 1 unspecified atom stereocenters. The second kappa shape index (κ2) is 8.82. The summed E-state index contributed by atoms with van der Waals surface area (Å²) in [6.07, 6.45) is -0.115. The lowest BCUT2D eigenvalue weighted by molar-refractivity contribution is -0.137. The molecule has 1 aromatic carbocycles. The molecular weight excluding hydrogens is 432 g/mol. The summed E-state index contributed by atoms with van der Waals surface area (Å²) in [4.78, 5) is 7.96. The van der Waals surface area contributed by atoms with Crippen LogP contribution in [0.4, 0.5) is 29.2 Å². The van der Waals surface area contributed by atoms with Crippen molar-refractivity contribution < 1.29 is 22.7 Å². The Labute approximate surface area is 182 Å². The van der Waals surface area contributed by atoms with E-state index in [4.69, 9.17) is 0 Å². The van der Waals surface area contributed by atoms with Crippen LogP contribution in [0.1, 0.15) is 42.9 Å². The quantitative estimate of drug-likeness (QED) is 0.517. The van der Waals surface area contributed by atoms with Gasteiger partial charge in [0, 0.05) is 6.54 Å². The smallest absolute Gasteiger partial charge is 0.388 e. The highest BCUT2D eigenvalue weighted by Crippen LogP contribution is 2.43. The second-order valence-corrected chi connectivity index (χ2v) is 9.38. The molecule has 3 N–H and O–H groups in total. The number of hydrogen-bond acceptors (Lipinski definition) is 6. The number of rotatable bonds is 7. The fourth-order valence-corrected chi connectivity index (χ4v) is 4.95. The Morgan fingerprint density at radius 1 is 1.10 bits per heavy atom. The number of nitrogens with zero attached hydrogens (tertiary/aromatic N) is 2. The van der Waals surface area contributed by atoms with Gasteiger partial charge in [0.25, 0.3) is 0 Å². The predicted octanol–water partition coefficient (Wildman–Crippen LogP) is 4.87. The molecule has 1 aromatic heterocycles. The van der Waals surface area contributed by atoms with Crippen molar-refractivity contribution in [1.29, 1.82) is 0 Å². The van der Waals surface area contributed by atoms with E-state index in [-0.39, 0.29) is 30.1 Å². The Morgan fingerprint density at radius 3 is 2.35 bits per heavy atom. The molecule has 0 spiro atoms. The third-order valence-electron chi connectivity index (χ3n) is 5.78. The molecule has 0 bridgehead atoms. The van der Waals surface area contributed by atoms with Gasteiger partial charge in [-0.1, -0.05) is 12.1 Å². The van der Waals surface area contributed by atoms with Gasteiger partial charge in [-0.15, -0.1) is 0 Å². The molecule has 10 heteroatoms. The largest absolute Gasteiger partial charge is 0.416 e. The van der Waals surface area contributed by atoms with E-state index in [1.165, 1.54) is 18.5 Å². The Kier molecular flexibility index (Phi) is 6.30. The average molecular weight is 457 g/mol. The first kappa shape index (κ1) is 22.1. The molecule has 2 aromatic rings. The van der Waals surface area contributed by atoms with E-state index < -0.39 is 23.2 Å². The summed E-state index contributed by atoms with van der Waals surface area (Å²) in [5, 5.41) is 16.6. The van der Waals surface area contributed by atoms with Crippen molar-refractivity contribution in [3.8, 4) is 0 Å². The van der Waals surface area contributed by atoms with Gasteiger partial charge < -0.3 is 15.7 Å². The normalized spacial score (nSPS) is 19.6. The Morgan fingerprint density at radius 2 is 1.74 bits per heavy atom. The van der Waals surface area contributed by atoms with Gasteiger partial charge in [0.1, 0.15) is 6.33 Å².